The van der Waals surface area contributed by atoms with E-state index in [2.05, 4.69) is 9.97 Å². The maximum atomic E-state index is 13.0. The van der Waals surface area contributed by atoms with Gasteiger partial charge in [-0.15, -0.1) is 0 Å². The lowest BCUT2D eigenvalue weighted by Gasteiger charge is -2.33. The largest absolute Gasteiger partial charge is 0.364 e. The molecule has 2 aromatic rings. The number of sulfonamides is 1. The van der Waals surface area contributed by atoms with Crippen LogP contribution < -0.4 is 5.73 Å². The lowest BCUT2D eigenvalue weighted by Crippen LogP contribution is -2.38. The van der Waals surface area contributed by atoms with E-state index in [4.69, 9.17) is 5.73 Å². The Morgan fingerprint density at radius 1 is 1.43 bits per heavy atom. The molecule has 1 fully saturated rings. The van der Waals surface area contributed by atoms with Crippen LogP contribution in [0.2, 0.25) is 0 Å². The highest BCUT2D eigenvalue weighted by atomic mass is 32.2. The molecular weight excluding hydrogens is 318 g/mol. The smallest absolute Gasteiger partial charge is 0.265 e. The summed E-state index contributed by atoms with van der Waals surface area (Å²) in [6, 6.07) is 1.01. The Bertz CT molecular complexity index is 810. The van der Waals surface area contributed by atoms with Crippen LogP contribution in [0.3, 0.4) is 0 Å². The molecule has 23 heavy (non-hydrogen) atoms. The van der Waals surface area contributed by atoms with E-state index < -0.39 is 15.9 Å². The predicted octanol–water partition coefficient (Wildman–Crippen LogP) is 0.763. The normalized spacial score (nSPS) is 19.8. The van der Waals surface area contributed by atoms with Gasteiger partial charge in [0.25, 0.3) is 5.91 Å². The number of rotatable bonds is 4. The van der Waals surface area contributed by atoms with Crippen LogP contribution >= 0.6 is 0 Å². The van der Waals surface area contributed by atoms with Crippen molar-refractivity contribution < 1.29 is 13.2 Å². The van der Waals surface area contributed by atoms with Crippen molar-refractivity contribution in [3.63, 3.8) is 0 Å². The van der Waals surface area contributed by atoms with E-state index in [1.54, 1.807) is 19.4 Å². The number of amides is 1. The first kappa shape index (κ1) is 15.8. The molecule has 1 amide bonds. The van der Waals surface area contributed by atoms with Crippen molar-refractivity contribution in [1.29, 1.82) is 0 Å². The number of aromatic amines is 1. The molecule has 1 saturated heterocycles. The average Bonchev–Trinajstić information content (AvgIpc) is 3.16. The highest BCUT2D eigenvalue weighted by Gasteiger charge is 2.36. The molecule has 1 atom stereocenters. The Hall–Kier alpha value is -2.13. The molecule has 0 spiro atoms. The molecule has 0 bridgehead atoms. The average molecular weight is 337 g/mol. The van der Waals surface area contributed by atoms with Crippen LogP contribution in [0, 0.1) is 0 Å². The summed E-state index contributed by atoms with van der Waals surface area (Å²) in [5.74, 6) is -0.0190. The third-order valence-corrected chi connectivity index (χ3v) is 6.00. The highest BCUT2D eigenvalue weighted by Crippen LogP contribution is 2.34. The number of hydrogen-bond acceptors (Lipinski definition) is 4. The maximum absolute atomic E-state index is 13.0. The van der Waals surface area contributed by atoms with E-state index in [0.29, 0.717) is 18.8 Å². The van der Waals surface area contributed by atoms with E-state index >= 15 is 0 Å². The Morgan fingerprint density at radius 2 is 2.22 bits per heavy atom. The Morgan fingerprint density at radius 3 is 2.83 bits per heavy atom. The molecule has 0 aliphatic carbocycles. The van der Waals surface area contributed by atoms with E-state index in [0.717, 1.165) is 12.8 Å². The first-order chi connectivity index (χ1) is 10.9. The van der Waals surface area contributed by atoms with Crippen molar-refractivity contribution in [2.75, 3.05) is 6.54 Å². The van der Waals surface area contributed by atoms with Crippen LogP contribution in [0.1, 0.15) is 41.6 Å². The summed E-state index contributed by atoms with van der Waals surface area (Å²) in [5, 5.41) is 0. The number of aromatic nitrogens is 3. The minimum atomic E-state index is -3.73. The van der Waals surface area contributed by atoms with E-state index in [1.807, 2.05) is 0 Å². The number of H-pyrrole nitrogens is 1. The number of aryl methyl sites for hydroxylation is 1. The standard InChI is InChI=1S/C14H19N5O3S/c1-18-9-10(8-12(18)13(15)20)23(21,22)19-7-3-2-4-11(19)14-16-5-6-17-14/h5-6,8-9,11H,2-4,7H2,1H3,(H2,15,20)(H,16,17). The van der Waals surface area contributed by atoms with Gasteiger partial charge in [0.1, 0.15) is 16.4 Å². The van der Waals surface area contributed by atoms with Crippen LogP contribution in [0.25, 0.3) is 0 Å². The van der Waals surface area contributed by atoms with Crippen molar-refractivity contribution >= 4 is 15.9 Å². The van der Waals surface area contributed by atoms with E-state index in [9.17, 15) is 13.2 Å². The number of carbonyl (C=O) groups is 1. The third kappa shape index (κ3) is 2.77. The molecule has 1 aliphatic rings. The van der Waals surface area contributed by atoms with Gasteiger partial charge in [0, 0.05) is 32.2 Å². The number of imidazole rings is 1. The first-order valence-electron chi connectivity index (χ1n) is 7.38. The summed E-state index contributed by atoms with van der Waals surface area (Å²) in [7, 11) is -2.13. The molecule has 124 valence electrons. The number of primary amides is 1. The molecule has 0 radical (unpaired) electrons. The molecule has 3 N–H and O–H groups in total. The van der Waals surface area contributed by atoms with Gasteiger partial charge in [-0.05, 0) is 18.9 Å². The van der Waals surface area contributed by atoms with Crippen molar-refractivity contribution in [1.82, 2.24) is 18.8 Å². The van der Waals surface area contributed by atoms with Crippen LogP contribution in [-0.2, 0) is 17.1 Å². The van der Waals surface area contributed by atoms with E-state index in [1.165, 1.54) is 21.1 Å². The second kappa shape index (κ2) is 5.82. The quantitative estimate of drug-likeness (QED) is 0.857. The predicted molar refractivity (Wildman–Crippen MR) is 83.0 cm³/mol. The monoisotopic (exact) mass is 337 g/mol. The second-order valence-electron chi connectivity index (χ2n) is 5.64. The van der Waals surface area contributed by atoms with Gasteiger partial charge in [-0.2, -0.15) is 4.31 Å². The Balaban J connectivity index is 2.00. The molecule has 9 heteroatoms. The van der Waals surface area contributed by atoms with Gasteiger partial charge in [-0.3, -0.25) is 4.79 Å². The van der Waals surface area contributed by atoms with Crippen LogP contribution in [0.5, 0.6) is 0 Å². The van der Waals surface area contributed by atoms with Gasteiger partial charge < -0.3 is 15.3 Å². The van der Waals surface area contributed by atoms with Gasteiger partial charge in [0.2, 0.25) is 10.0 Å². The van der Waals surface area contributed by atoms with Crippen LogP contribution in [-0.4, -0.2) is 39.7 Å². The molecule has 0 saturated carbocycles. The fourth-order valence-corrected chi connectivity index (χ4v) is 4.71. The molecule has 1 aliphatic heterocycles. The van der Waals surface area contributed by atoms with Gasteiger partial charge >= 0.3 is 0 Å². The zero-order valence-corrected chi connectivity index (χ0v) is 13.6. The fraction of sp³-hybridized carbons (Fsp3) is 0.429. The summed E-state index contributed by atoms with van der Waals surface area (Å²) in [5.41, 5.74) is 5.43. The number of nitrogens with zero attached hydrogens (tertiary/aromatic N) is 3. The molecule has 3 rings (SSSR count). The highest BCUT2D eigenvalue weighted by molar-refractivity contribution is 7.89. The van der Waals surface area contributed by atoms with Crippen LogP contribution in [0.4, 0.5) is 0 Å². The van der Waals surface area contributed by atoms with E-state index in [-0.39, 0.29) is 16.6 Å². The number of nitrogens with one attached hydrogen (secondary N) is 1. The zero-order valence-electron chi connectivity index (χ0n) is 12.8. The summed E-state index contributed by atoms with van der Waals surface area (Å²) in [6.07, 6.45) is 7.17. The molecule has 8 nitrogen and oxygen atoms in total. The maximum Gasteiger partial charge on any atom is 0.265 e. The topological polar surface area (TPSA) is 114 Å². The lowest BCUT2D eigenvalue weighted by molar-refractivity contribution is 0.0992. The summed E-state index contributed by atoms with van der Waals surface area (Å²) in [4.78, 5) is 18.6. The number of carbonyl (C=O) groups excluding carboxylic acids is 1. The van der Waals surface area contributed by atoms with Crippen molar-refractivity contribution in [3.8, 4) is 0 Å². The van der Waals surface area contributed by atoms with Gasteiger partial charge in [-0.1, -0.05) is 6.42 Å². The van der Waals surface area contributed by atoms with Crippen molar-refractivity contribution in [2.24, 2.45) is 12.8 Å². The van der Waals surface area contributed by atoms with Gasteiger partial charge in [0.05, 0.1) is 6.04 Å². The summed E-state index contributed by atoms with van der Waals surface area (Å²) in [6.45, 7) is 0.425. The van der Waals surface area contributed by atoms with Gasteiger partial charge in [0.15, 0.2) is 0 Å². The Kier molecular flexibility index (Phi) is 3.99. The number of nitrogens with two attached hydrogens (primary N) is 1. The third-order valence-electron chi connectivity index (χ3n) is 4.13. The Labute approximate surface area is 134 Å². The van der Waals surface area contributed by atoms with Crippen molar-refractivity contribution in [3.05, 3.63) is 36.2 Å². The summed E-state index contributed by atoms with van der Waals surface area (Å²) >= 11 is 0. The molecule has 3 heterocycles. The second-order valence-corrected chi connectivity index (χ2v) is 7.53. The molecule has 0 aromatic carbocycles. The fourth-order valence-electron chi connectivity index (χ4n) is 2.98. The molecule has 2 aromatic heterocycles. The van der Waals surface area contributed by atoms with Crippen LogP contribution in [0.15, 0.2) is 29.6 Å². The lowest BCUT2D eigenvalue weighted by atomic mass is 10.0. The van der Waals surface area contributed by atoms with Crippen molar-refractivity contribution in [2.45, 2.75) is 30.2 Å². The van der Waals surface area contributed by atoms with Gasteiger partial charge in [-0.25, -0.2) is 13.4 Å². The molecular formula is C14H19N5O3S. The first-order valence-corrected chi connectivity index (χ1v) is 8.82. The zero-order chi connectivity index (χ0) is 16.6. The number of hydrogen-bond donors (Lipinski definition) is 2. The number of piperidine rings is 1. The molecule has 1 unspecified atom stereocenters. The minimum absolute atomic E-state index is 0.0762. The summed E-state index contributed by atoms with van der Waals surface area (Å²) < 4.78 is 28.9. The SMILES string of the molecule is Cn1cc(S(=O)(=O)N2CCCCC2c2ncc[nH]2)cc1C(N)=O. The minimum Gasteiger partial charge on any atom is -0.364 e.